The maximum Gasteiger partial charge on any atom is 0.306 e. The molecule has 4 heteroatoms. The van der Waals surface area contributed by atoms with Gasteiger partial charge in [0.15, 0.2) is 0 Å². The van der Waals surface area contributed by atoms with E-state index in [0.717, 1.165) is 12.8 Å². The Morgan fingerprint density at radius 3 is 1.64 bits per heavy atom. The number of hydrogen-bond acceptors (Lipinski definition) is 4. The third-order valence-electron chi connectivity index (χ3n) is 6.32. The fraction of sp³-hybridized carbons (Fsp3) is 0.958. The topological polar surface area (TPSA) is 66.8 Å². The monoisotopic (exact) mass is 398 g/mol. The molecule has 1 aliphatic carbocycles. The maximum atomic E-state index is 12.0. The molecule has 1 aliphatic rings. The molecule has 0 aliphatic heterocycles. The largest absolute Gasteiger partial charge is 0.456 e. The van der Waals surface area contributed by atoms with Crippen LogP contribution in [0.5, 0.6) is 0 Å². The van der Waals surface area contributed by atoms with Gasteiger partial charge >= 0.3 is 5.97 Å². The fourth-order valence-corrected chi connectivity index (χ4v) is 4.15. The predicted molar refractivity (Wildman–Crippen MR) is 115 cm³/mol. The third kappa shape index (κ3) is 10.2. The lowest BCUT2D eigenvalue weighted by atomic mass is 10.0. The molecule has 1 rings (SSSR count). The van der Waals surface area contributed by atoms with E-state index in [4.69, 9.17) is 9.84 Å². The smallest absolute Gasteiger partial charge is 0.306 e. The average Bonchev–Trinajstić information content (AvgIpc) is 3.34. The first-order valence-corrected chi connectivity index (χ1v) is 12.1. The number of hydrogen-bond donors (Lipinski definition) is 2. The van der Waals surface area contributed by atoms with Crippen LogP contribution in [0.4, 0.5) is 0 Å². The molecule has 0 spiro atoms. The van der Waals surface area contributed by atoms with Crippen LogP contribution in [0.25, 0.3) is 0 Å². The van der Waals surface area contributed by atoms with Gasteiger partial charge in [0.05, 0.1) is 6.61 Å². The molecule has 166 valence electrons. The predicted octanol–water partition coefficient (Wildman–Crippen LogP) is 5.92. The van der Waals surface area contributed by atoms with E-state index in [9.17, 15) is 9.90 Å². The molecule has 0 aromatic rings. The van der Waals surface area contributed by atoms with Crippen molar-refractivity contribution in [3.8, 4) is 0 Å². The Balaban J connectivity index is 1.85. The summed E-state index contributed by atoms with van der Waals surface area (Å²) in [6.07, 6.45) is 19.7. The molecule has 1 saturated carbocycles. The van der Waals surface area contributed by atoms with E-state index < -0.39 is 11.7 Å². The standard InChI is InChI=1S/C24H46O4/c1-3-4-5-6-7-8-9-10-11-12-13-14-15-16-17-18-23(27)28-24(19-21(24)2)22(26)20-25/h21-22,25-26H,3-20H2,1-2H3. The molecule has 2 N–H and O–H groups in total. The number of aliphatic hydroxyl groups is 2. The van der Waals surface area contributed by atoms with E-state index in [0.29, 0.717) is 12.8 Å². The van der Waals surface area contributed by atoms with Crippen LogP contribution in [-0.2, 0) is 9.53 Å². The van der Waals surface area contributed by atoms with E-state index in [-0.39, 0.29) is 18.5 Å². The SMILES string of the molecule is CCCCCCCCCCCCCCCCCC(=O)OC1(C(O)CO)CC1C. The number of rotatable bonds is 19. The molecular weight excluding hydrogens is 352 g/mol. The summed E-state index contributed by atoms with van der Waals surface area (Å²) >= 11 is 0. The summed E-state index contributed by atoms with van der Waals surface area (Å²) in [4.78, 5) is 12.0. The minimum atomic E-state index is -0.951. The van der Waals surface area contributed by atoms with Crippen molar-refractivity contribution in [1.82, 2.24) is 0 Å². The van der Waals surface area contributed by atoms with Crippen molar-refractivity contribution >= 4 is 5.97 Å². The van der Waals surface area contributed by atoms with Crippen molar-refractivity contribution in [2.75, 3.05) is 6.61 Å². The molecule has 0 heterocycles. The van der Waals surface area contributed by atoms with Crippen LogP contribution in [0.2, 0.25) is 0 Å². The van der Waals surface area contributed by atoms with Crippen molar-refractivity contribution in [1.29, 1.82) is 0 Å². The number of esters is 1. The Morgan fingerprint density at radius 2 is 1.29 bits per heavy atom. The highest BCUT2D eigenvalue weighted by Crippen LogP contribution is 2.49. The molecule has 4 nitrogen and oxygen atoms in total. The summed E-state index contributed by atoms with van der Waals surface area (Å²) in [6, 6.07) is 0. The van der Waals surface area contributed by atoms with Gasteiger partial charge < -0.3 is 14.9 Å². The van der Waals surface area contributed by atoms with Gasteiger partial charge in [-0.1, -0.05) is 104 Å². The summed E-state index contributed by atoms with van der Waals surface area (Å²) in [5.41, 5.74) is -0.818. The van der Waals surface area contributed by atoms with Crippen LogP contribution in [0, 0.1) is 5.92 Å². The Labute approximate surface area is 173 Å². The Kier molecular flexibility index (Phi) is 13.9. The van der Waals surface area contributed by atoms with Crippen LogP contribution in [0.15, 0.2) is 0 Å². The lowest BCUT2D eigenvalue weighted by Gasteiger charge is -2.22. The number of carbonyl (C=O) groups excluding carboxylic acids is 1. The van der Waals surface area contributed by atoms with E-state index >= 15 is 0 Å². The fourth-order valence-electron chi connectivity index (χ4n) is 4.15. The van der Waals surface area contributed by atoms with Crippen molar-refractivity contribution in [3.05, 3.63) is 0 Å². The average molecular weight is 399 g/mol. The zero-order valence-corrected chi connectivity index (χ0v) is 18.6. The second-order valence-electron chi connectivity index (χ2n) is 8.93. The van der Waals surface area contributed by atoms with E-state index in [1.807, 2.05) is 6.92 Å². The number of carbonyl (C=O) groups is 1. The zero-order valence-electron chi connectivity index (χ0n) is 18.6. The lowest BCUT2D eigenvalue weighted by Crippen LogP contribution is -2.37. The first-order valence-electron chi connectivity index (χ1n) is 12.1. The summed E-state index contributed by atoms with van der Waals surface area (Å²) in [7, 11) is 0. The van der Waals surface area contributed by atoms with Crippen molar-refractivity contribution in [2.45, 2.75) is 135 Å². The summed E-state index contributed by atoms with van der Waals surface area (Å²) in [5, 5.41) is 19.0. The van der Waals surface area contributed by atoms with Crippen molar-refractivity contribution in [2.24, 2.45) is 5.92 Å². The molecule has 1 fully saturated rings. The van der Waals surface area contributed by atoms with Gasteiger partial charge in [0.2, 0.25) is 0 Å². The van der Waals surface area contributed by atoms with Gasteiger partial charge in [-0.3, -0.25) is 4.79 Å². The summed E-state index contributed by atoms with van der Waals surface area (Å²) < 4.78 is 5.48. The Hall–Kier alpha value is -0.610. The molecule has 0 aromatic heterocycles. The first kappa shape index (κ1) is 25.4. The number of unbranched alkanes of at least 4 members (excludes halogenated alkanes) is 14. The molecule has 0 aromatic carbocycles. The van der Waals surface area contributed by atoms with Gasteiger partial charge in [0.1, 0.15) is 11.7 Å². The highest BCUT2D eigenvalue weighted by atomic mass is 16.6. The normalized spacial score (nSPS) is 22.2. The highest BCUT2D eigenvalue weighted by molar-refractivity contribution is 5.70. The van der Waals surface area contributed by atoms with Gasteiger partial charge in [-0.05, 0) is 12.8 Å². The third-order valence-corrected chi connectivity index (χ3v) is 6.32. The minimum absolute atomic E-state index is 0.139. The second-order valence-corrected chi connectivity index (χ2v) is 8.93. The Morgan fingerprint density at radius 1 is 0.893 bits per heavy atom. The molecule has 0 amide bonds. The van der Waals surface area contributed by atoms with Gasteiger partial charge in [0, 0.05) is 12.3 Å². The van der Waals surface area contributed by atoms with E-state index in [2.05, 4.69) is 6.92 Å². The Bertz CT molecular complexity index is 398. The van der Waals surface area contributed by atoms with Gasteiger partial charge in [-0.25, -0.2) is 0 Å². The summed E-state index contributed by atoms with van der Waals surface area (Å²) in [6.45, 7) is 3.86. The van der Waals surface area contributed by atoms with Crippen LogP contribution in [0.1, 0.15) is 123 Å². The summed E-state index contributed by atoms with van der Waals surface area (Å²) in [5.74, 6) is -0.0915. The van der Waals surface area contributed by atoms with Crippen LogP contribution >= 0.6 is 0 Å². The maximum absolute atomic E-state index is 12.0. The number of ether oxygens (including phenoxy) is 1. The molecule has 28 heavy (non-hydrogen) atoms. The van der Waals surface area contributed by atoms with Crippen LogP contribution in [-0.4, -0.2) is 34.5 Å². The molecule has 0 saturated heterocycles. The molecule has 0 radical (unpaired) electrons. The van der Waals surface area contributed by atoms with E-state index in [1.165, 1.54) is 83.5 Å². The molecular formula is C24H46O4. The van der Waals surface area contributed by atoms with E-state index in [1.54, 1.807) is 0 Å². The quantitative estimate of drug-likeness (QED) is 0.209. The number of aliphatic hydroxyl groups excluding tert-OH is 2. The first-order chi connectivity index (χ1) is 13.6. The highest BCUT2D eigenvalue weighted by Gasteiger charge is 2.59. The molecule has 3 unspecified atom stereocenters. The minimum Gasteiger partial charge on any atom is -0.456 e. The van der Waals surface area contributed by atoms with Gasteiger partial charge in [-0.2, -0.15) is 0 Å². The van der Waals surface area contributed by atoms with Crippen molar-refractivity contribution < 1.29 is 19.7 Å². The van der Waals surface area contributed by atoms with Crippen LogP contribution in [0.3, 0.4) is 0 Å². The zero-order chi connectivity index (χ0) is 20.7. The lowest BCUT2D eigenvalue weighted by molar-refractivity contribution is -0.162. The molecule has 3 atom stereocenters. The van der Waals surface area contributed by atoms with Crippen molar-refractivity contribution in [3.63, 3.8) is 0 Å². The van der Waals surface area contributed by atoms with Gasteiger partial charge in [0.25, 0.3) is 0 Å². The second kappa shape index (κ2) is 15.3. The molecule has 0 bridgehead atoms. The van der Waals surface area contributed by atoms with Gasteiger partial charge in [-0.15, -0.1) is 0 Å². The van der Waals surface area contributed by atoms with Crippen LogP contribution < -0.4 is 0 Å².